The highest BCUT2D eigenvalue weighted by molar-refractivity contribution is 5.94. The second kappa shape index (κ2) is 8.60. The number of nitrogens with zero attached hydrogens (tertiary/aromatic N) is 3. The molecule has 3 heterocycles. The smallest absolute Gasteiger partial charge is 0.256 e. The number of hydrogen-bond donors (Lipinski definition) is 0. The number of amides is 2. The quantitative estimate of drug-likeness (QED) is 0.801. The maximum absolute atomic E-state index is 13.9. The molecule has 1 aromatic rings. The van der Waals surface area contributed by atoms with Crippen molar-refractivity contribution in [2.45, 2.75) is 44.6 Å². The molecule has 0 radical (unpaired) electrons. The van der Waals surface area contributed by atoms with Crippen LogP contribution >= 0.6 is 0 Å². The van der Waals surface area contributed by atoms with E-state index in [1.165, 1.54) is 6.07 Å². The van der Waals surface area contributed by atoms with Gasteiger partial charge in [0.05, 0.1) is 11.5 Å². The molecule has 3 aliphatic rings. The lowest BCUT2D eigenvalue weighted by Gasteiger charge is -2.42. The molecule has 4 rings (SSSR count). The Morgan fingerprint density at radius 1 is 0.857 bits per heavy atom. The molecule has 2 amide bonds. The maximum atomic E-state index is 13.9. The second-order valence-corrected chi connectivity index (χ2v) is 8.37. The number of rotatable bonds is 3. The summed E-state index contributed by atoms with van der Waals surface area (Å²) in [5.74, 6) is -0.189. The summed E-state index contributed by atoms with van der Waals surface area (Å²) in [6.45, 7) is 5.03. The fraction of sp³-hybridized carbons (Fsp3) is 0.636. The van der Waals surface area contributed by atoms with Crippen molar-refractivity contribution in [2.75, 3.05) is 39.3 Å². The van der Waals surface area contributed by atoms with Gasteiger partial charge in [-0.15, -0.1) is 0 Å². The zero-order valence-corrected chi connectivity index (χ0v) is 16.5. The largest absolute Gasteiger partial charge is 0.342 e. The number of halogens is 1. The summed E-state index contributed by atoms with van der Waals surface area (Å²) in [5, 5.41) is 0. The van der Waals surface area contributed by atoms with Gasteiger partial charge >= 0.3 is 0 Å². The maximum Gasteiger partial charge on any atom is 0.256 e. The predicted octanol–water partition coefficient (Wildman–Crippen LogP) is 2.76. The third kappa shape index (κ3) is 4.07. The van der Waals surface area contributed by atoms with Crippen molar-refractivity contribution in [3.05, 3.63) is 35.6 Å². The van der Waals surface area contributed by atoms with Gasteiger partial charge in [-0.2, -0.15) is 0 Å². The van der Waals surface area contributed by atoms with Crippen molar-refractivity contribution in [2.24, 2.45) is 5.92 Å². The van der Waals surface area contributed by atoms with Gasteiger partial charge in [0, 0.05) is 38.8 Å². The van der Waals surface area contributed by atoms with E-state index in [1.54, 1.807) is 23.1 Å². The second-order valence-electron chi connectivity index (χ2n) is 8.37. The van der Waals surface area contributed by atoms with Crippen molar-refractivity contribution in [1.29, 1.82) is 0 Å². The first-order valence-electron chi connectivity index (χ1n) is 10.7. The Balaban J connectivity index is 1.31. The van der Waals surface area contributed by atoms with Crippen molar-refractivity contribution in [3.8, 4) is 0 Å². The molecule has 3 saturated heterocycles. The zero-order valence-electron chi connectivity index (χ0n) is 16.5. The molecule has 0 saturated carbocycles. The van der Waals surface area contributed by atoms with Crippen LogP contribution < -0.4 is 0 Å². The van der Waals surface area contributed by atoms with Gasteiger partial charge in [0.15, 0.2) is 0 Å². The SMILES string of the molecule is O=C(c1ccccc1F)N1CCC(N2CCC[C@@H](C(=O)N3CCCC3)C2)CC1. The third-order valence-electron chi connectivity index (χ3n) is 6.59. The molecule has 6 heteroatoms. The fourth-order valence-electron chi connectivity index (χ4n) is 4.97. The highest BCUT2D eigenvalue weighted by atomic mass is 19.1. The molecule has 0 unspecified atom stereocenters. The highest BCUT2D eigenvalue weighted by Crippen LogP contribution is 2.26. The minimum atomic E-state index is -0.450. The molecule has 0 aromatic heterocycles. The Hall–Kier alpha value is -1.95. The minimum Gasteiger partial charge on any atom is -0.342 e. The van der Waals surface area contributed by atoms with Crippen LogP contribution in [0.4, 0.5) is 4.39 Å². The van der Waals surface area contributed by atoms with Gasteiger partial charge in [-0.05, 0) is 57.2 Å². The van der Waals surface area contributed by atoms with Gasteiger partial charge in [-0.25, -0.2) is 4.39 Å². The molecule has 3 fully saturated rings. The van der Waals surface area contributed by atoms with Crippen molar-refractivity contribution >= 4 is 11.8 Å². The van der Waals surface area contributed by atoms with Gasteiger partial charge in [-0.3, -0.25) is 14.5 Å². The molecule has 28 heavy (non-hydrogen) atoms. The van der Waals surface area contributed by atoms with E-state index >= 15 is 0 Å². The average Bonchev–Trinajstić information content (AvgIpc) is 3.28. The molecule has 1 atom stereocenters. The molecule has 3 aliphatic heterocycles. The zero-order chi connectivity index (χ0) is 19.5. The van der Waals surface area contributed by atoms with Crippen LogP contribution in [0, 0.1) is 11.7 Å². The number of benzene rings is 1. The first kappa shape index (κ1) is 19.4. The molecule has 0 aliphatic carbocycles. The number of hydrogen-bond acceptors (Lipinski definition) is 3. The predicted molar refractivity (Wildman–Crippen MR) is 105 cm³/mol. The van der Waals surface area contributed by atoms with Crippen LogP contribution in [0.25, 0.3) is 0 Å². The topological polar surface area (TPSA) is 43.9 Å². The number of carbonyl (C=O) groups is 2. The van der Waals surface area contributed by atoms with Gasteiger partial charge in [0.25, 0.3) is 5.91 Å². The van der Waals surface area contributed by atoms with E-state index < -0.39 is 5.82 Å². The van der Waals surface area contributed by atoms with Crippen LogP contribution in [0.15, 0.2) is 24.3 Å². The summed E-state index contributed by atoms with van der Waals surface area (Å²) in [4.78, 5) is 31.7. The lowest BCUT2D eigenvalue weighted by molar-refractivity contribution is -0.136. The van der Waals surface area contributed by atoms with Crippen LogP contribution in [-0.2, 0) is 4.79 Å². The molecule has 0 bridgehead atoms. The van der Waals surface area contributed by atoms with E-state index in [4.69, 9.17) is 0 Å². The standard InChI is InChI=1S/C22H30FN3O2/c23-20-8-2-1-7-19(20)22(28)25-14-9-18(10-15-25)26-13-5-6-17(16-26)21(27)24-11-3-4-12-24/h1-2,7-8,17-18H,3-6,9-16H2/t17-/m1/s1. The van der Waals surface area contributed by atoms with Gasteiger partial charge in [-0.1, -0.05) is 12.1 Å². The molecule has 1 aromatic carbocycles. The van der Waals surface area contributed by atoms with E-state index in [0.29, 0.717) is 25.0 Å². The summed E-state index contributed by atoms with van der Waals surface area (Å²) in [6.07, 6.45) is 6.12. The van der Waals surface area contributed by atoms with Gasteiger partial charge < -0.3 is 9.80 Å². The van der Waals surface area contributed by atoms with Crippen molar-refractivity contribution in [3.63, 3.8) is 0 Å². The summed E-state index contributed by atoms with van der Waals surface area (Å²) >= 11 is 0. The Morgan fingerprint density at radius 2 is 1.57 bits per heavy atom. The lowest BCUT2D eigenvalue weighted by atomic mass is 9.92. The van der Waals surface area contributed by atoms with Crippen LogP contribution in [0.3, 0.4) is 0 Å². The van der Waals surface area contributed by atoms with E-state index in [0.717, 1.165) is 64.7 Å². The Labute approximate surface area is 166 Å². The Kier molecular flexibility index (Phi) is 5.95. The summed E-state index contributed by atoms with van der Waals surface area (Å²) in [6, 6.07) is 6.62. The average molecular weight is 387 g/mol. The van der Waals surface area contributed by atoms with E-state index in [1.807, 2.05) is 4.90 Å². The van der Waals surface area contributed by atoms with Crippen molar-refractivity contribution < 1.29 is 14.0 Å². The molecule has 5 nitrogen and oxygen atoms in total. The molecule has 152 valence electrons. The van der Waals surface area contributed by atoms with Gasteiger partial charge in [0.2, 0.25) is 5.91 Å². The number of carbonyl (C=O) groups excluding carboxylic acids is 2. The monoisotopic (exact) mass is 387 g/mol. The van der Waals surface area contributed by atoms with E-state index in [9.17, 15) is 14.0 Å². The molecule has 0 spiro atoms. The first-order valence-corrected chi connectivity index (χ1v) is 10.7. The Morgan fingerprint density at radius 3 is 2.29 bits per heavy atom. The Bertz CT molecular complexity index is 711. The normalized spacial score (nSPS) is 24.5. The molecule has 0 N–H and O–H groups in total. The van der Waals surface area contributed by atoms with Crippen LogP contribution in [0.5, 0.6) is 0 Å². The third-order valence-corrected chi connectivity index (χ3v) is 6.59. The van der Waals surface area contributed by atoms with Crippen LogP contribution in [0.2, 0.25) is 0 Å². The van der Waals surface area contributed by atoms with Gasteiger partial charge in [0.1, 0.15) is 5.82 Å². The highest BCUT2D eigenvalue weighted by Gasteiger charge is 2.35. The lowest BCUT2D eigenvalue weighted by Crippen LogP contribution is -2.51. The first-order chi connectivity index (χ1) is 13.6. The van der Waals surface area contributed by atoms with E-state index in [-0.39, 0.29) is 17.4 Å². The van der Waals surface area contributed by atoms with E-state index in [2.05, 4.69) is 4.90 Å². The summed E-state index contributed by atoms with van der Waals surface area (Å²) in [5.41, 5.74) is 0.162. The fourth-order valence-corrected chi connectivity index (χ4v) is 4.97. The summed E-state index contributed by atoms with van der Waals surface area (Å²) in [7, 11) is 0. The number of likely N-dealkylation sites (tertiary alicyclic amines) is 3. The van der Waals surface area contributed by atoms with Crippen LogP contribution in [0.1, 0.15) is 48.9 Å². The summed E-state index contributed by atoms with van der Waals surface area (Å²) < 4.78 is 13.9. The minimum absolute atomic E-state index is 0.130. The number of piperidine rings is 2. The molecular formula is C22H30FN3O2. The van der Waals surface area contributed by atoms with Crippen LogP contribution in [-0.4, -0.2) is 71.8 Å². The van der Waals surface area contributed by atoms with Crippen molar-refractivity contribution in [1.82, 2.24) is 14.7 Å². The molecular weight excluding hydrogens is 357 g/mol.